The lowest BCUT2D eigenvalue weighted by Gasteiger charge is -2.18. The zero-order chi connectivity index (χ0) is 13.7. The molecule has 0 amide bonds. The van der Waals surface area contributed by atoms with Gasteiger partial charge in [-0.1, -0.05) is 6.07 Å². The minimum atomic E-state index is 0.107. The summed E-state index contributed by atoms with van der Waals surface area (Å²) in [7, 11) is 1.67. The van der Waals surface area contributed by atoms with E-state index >= 15 is 0 Å². The first-order valence-corrected chi connectivity index (χ1v) is 6.37. The molecule has 3 N–H and O–H groups in total. The first kappa shape index (κ1) is 13.6. The largest absolute Gasteiger partial charge is 0.497 e. The Labute approximate surface area is 113 Å². The molecule has 0 saturated heterocycles. The number of furan rings is 1. The van der Waals surface area contributed by atoms with Gasteiger partial charge in [-0.25, -0.2) is 0 Å². The fourth-order valence-corrected chi connectivity index (χ4v) is 2.24. The second kappa shape index (κ2) is 6.41. The summed E-state index contributed by atoms with van der Waals surface area (Å²) in [6, 6.07) is 10.0. The van der Waals surface area contributed by atoms with Crippen molar-refractivity contribution < 1.29 is 9.15 Å². The van der Waals surface area contributed by atoms with E-state index in [9.17, 15) is 0 Å². The molecule has 0 fully saturated rings. The van der Waals surface area contributed by atoms with Crippen molar-refractivity contribution in [2.24, 2.45) is 5.84 Å². The summed E-state index contributed by atoms with van der Waals surface area (Å²) in [4.78, 5) is 0. The van der Waals surface area contributed by atoms with Crippen LogP contribution in [0, 0.1) is 6.92 Å². The number of benzene rings is 1. The molecule has 1 atom stereocenters. The minimum Gasteiger partial charge on any atom is -0.497 e. The van der Waals surface area contributed by atoms with Gasteiger partial charge < -0.3 is 9.15 Å². The van der Waals surface area contributed by atoms with Gasteiger partial charge in [0, 0.05) is 12.5 Å². The van der Waals surface area contributed by atoms with Gasteiger partial charge in [-0.15, -0.1) is 0 Å². The van der Waals surface area contributed by atoms with Gasteiger partial charge in [0.1, 0.15) is 11.5 Å². The molecule has 0 aliphatic rings. The number of hydrogen-bond donors (Lipinski definition) is 2. The van der Waals surface area contributed by atoms with E-state index in [0.29, 0.717) is 0 Å². The molecule has 4 heteroatoms. The summed E-state index contributed by atoms with van der Waals surface area (Å²) in [5.74, 6) is 7.51. The van der Waals surface area contributed by atoms with Gasteiger partial charge in [0.2, 0.25) is 0 Å². The van der Waals surface area contributed by atoms with Crippen molar-refractivity contribution in [1.29, 1.82) is 0 Å². The van der Waals surface area contributed by atoms with Crippen LogP contribution in [-0.4, -0.2) is 7.11 Å². The van der Waals surface area contributed by atoms with Crippen LogP contribution in [0.15, 0.2) is 41.0 Å². The van der Waals surface area contributed by atoms with Crippen LogP contribution < -0.4 is 16.0 Å². The number of hydrogen-bond acceptors (Lipinski definition) is 4. The van der Waals surface area contributed by atoms with Gasteiger partial charge in [0.05, 0.1) is 13.4 Å². The molecule has 0 aliphatic heterocycles. The fraction of sp³-hybridized carbons (Fsp3) is 0.333. The Morgan fingerprint density at radius 1 is 1.37 bits per heavy atom. The lowest BCUT2D eigenvalue weighted by atomic mass is 9.97. The summed E-state index contributed by atoms with van der Waals surface area (Å²) < 4.78 is 10.6. The van der Waals surface area contributed by atoms with Crippen molar-refractivity contribution >= 4 is 0 Å². The van der Waals surface area contributed by atoms with E-state index in [1.165, 1.54) is 11.1 Å². The average molecular weight is 260 g/mol. The highest BCUT2D eigenvalue weighted by Gasteiger charge is 2.13. The Morgan fingerprint density at radius 2 is 2.21 bits per heavy atom. The average Bonchev–Trinajstić information content (AvgIpc) is 2.94. The Hall–Kier alpha value is -1.78. The molecule has 0 saturated carbocycles. The molecule has 19 heavy (non-hydrogen) atoms. The third kappa shape index (κ3) is 3.36. The quantitative estimate of drug-likeness (QED) is 0.619. The SMILES string of the molecule is COc1ccc(C(CCc2ccco2)NN)c(C)c1. The van der Waals surface area contributed by atoms with E-state index < -0.39 is 0 Å². The van der Waals surface area contributed by atoms with E-state index in [1.807, 2.05) is 24.3 Å². The van der Waals surface area contributed by atoms with Crippen molar-refractivity contribution in [1.82, 2.24) is 5.43 Å². The van der Waals surface area contributed by atoms with Gasteiger partial charge in [0.25, 0.3) is 0 Å². The zero-order valence-electron chi connectivity index (χ0n) is 11.3. The Balaban J connectivity index is 2.08. The maximum absolute atomic E-state index is 5.67. The van der Waals surface area contributed by atoms with Crippen molar-refractivity contribution in [3.63, 3.8) is 0 Å². The van der Waals surface area contributed by atoms with Crippen molar-refractivity contribution in [2.45, 2.75) is 25.8 Å². The minimum absolute atomic E-state index is 0.107. The first-order valence-electron chi connectivity index (χ1n) is 6.37. The van der Waals surface area contributed by atoms with Gasteiger partial charge in [-0.05, 0) is 48.7 Å². The first-order chi connectivity index (χ1) is 9.24. The van der Waals surface area contributed by atoms with Gasteiger partial charge in [-0.3, -0.25) is 11.3 Å². The molecular formula is C15H20N2O2. The topological polar surface area (TPSA) is 60.4 Å². The summed E-state index contributed by atoms with van der Waals surface area (Å²) in [5.41, 5.74) is 5.23. The number of hydrazine groups is 1. The second-order valence-electron chi connectivity index (χ2n) is 4.56. The smallest absolute Gasteiger partial charge is 0.119 e. The summed E-state index contributed by atoms with van der Waals surface area (Å²) in [5, 5.41) is 0. The highest BCUT2D eigenvalue weighted by Crippen LogP contribution is 2.25. The molecule has 1 unspecified atom stereocenters. The molecule has 102 valence electrons. The Bertz CT molecular complexity index is 509. The van der Waals surface area contributed by atoms with E-state index in [-0.39, 0.29) is 6.04 Å². The van der Waals surface area contributed by atoms with Crippen LogP contribution in [0.25, 0.3) is 0 Å². The van der Waals surface area contributed by atoms with E-state index in [0.717, 1.165) is 24.4 Å². The van der Waals surface area contributed by atoms with Crippen molar-refractivity contribution in [2.75, 3.05) is 7.11 Å². The molecule has 2 aromatic rings. The molecule has 0 aliphatic carbocycles. The number of ether oxygens (including phenoxy) is 1. The highest BCUT2D eigenvalue weighted by atomic mass is 16.5. The number of nitrogens with two attached hydrogens (primary N) is 1. The van der Waals surface area contributed by atoms with Gasteiger partial charge in [-0.2, -0.15) is 0 Å². The van der Waals surface area contributed by atoms with Crippen LogP contribution in [0.4, 0.5) is 0 Å². The fourth-order valence-electron chi connectivity index (χ4n) is 2.24. The molecule has 1 aromatic heterocycles. The van der Waals surface area contributed by atoms with E-state index in [1.54, 1.807) is 13.4 Å². The highest BCUT2D eigenvalue weighted by molar-refractivity contribution is 5.36. The maximum Gasteiger partial charge on any atom is 0.119 e. The summed E-state index contributed by atoms with van der Waals surface area (Å²) in [6.07, 6.45) is 3.43. The van der Waals surface area contributed by atoms with Crippen molar-refractivity contribution in [3.05, 3.63) is 53.5 Å². The predicted molar refractivity (Wildman–Crippen MR) is 74.8 cm³/mol. The van der Waals surface area contributed by atoms with Gasteiger partial charge in [0.15, 0.2) is 0 Å². The van der Waals surface area contributed by atoms with Crippen LogP contribution >= 0.6 is 0 Å². The summed E-state index contributed by atoms with van der Waals surface area (Å²) >= 11 is 0. The second-order valence-corrected chi connectivity index (χ2v) is 4.56. The standard InChI is InChI=1S/C15H20N2O2/c1-11-10-13(18-2)5-7-14(11)15(17-16)8-6-12-4-3-9-19-12/h3-5,7,9-10,15,17H,6,8,16H2,1-2H3. The number of nitrogens with one attached hydrogen (secondary N) is 1. The molecule has 1 heterocycles. The molecule has 0 radical (unpaired) electrons. The van der Waals surface area contributed by atoms with Crippen LogP contribution in [0.5, 0.6) is 5.75 Å². The van der Waals surface area contributed by atoms with E-state index in [2.05, 4.69) is 18.4 Å². The van der Waals surface area contributed by atoms with E-state index in [4.69, 9.17) is 15.0 Å². The Kier molecular flexibility index (Phi) is 4.60. The lowest BCUT2D eigenvalue weighted by molar-refractivity contribution is 0.413. The van der Waals surface area contributed by atoms with Crippen LogP contribution in [-0.2, 0) is 6.42 Å². The molecule has 0 bridgehead atoms. The number of methoxy groups -OCH3 is 1. The number of rotatable bonds is 6. The maximum atomic E-state index is 5.67. The molecule has 0 spiro atoms. The third-order valence-electron chi connectivity index (χ3n) is 3.31. The third-order valence-corrected chi connectivity index (χ3v) is 3.31. The zero-order valence-corrected chi connectivity index (χ0v) is 11.3. The normalized spacial score (nSPS) is 12.4. The number of aryl methyl sites for hydroxylation is 2. The summed E-state index contributed by atoms with van der Waals surface area (Å²) in [6.45, 7) is 2.06. The predicted octanol–water partition coefficient (Wildman–Crippen LogP) is 2.73. The van der Waals surface area contributed by atoms with Crippen LogP contribution in [0.3, 0.4) is 0 Å². The molecule has 4 nitrogen and oxygen atoms in total. The molecule has 1 aromatic carbocycles. The van der Waals surface area contributed by atoms with Crippen LogP contribution in [0.2, 0.25) is 0 Å². The lowest BCUT2D eigenvalue weighted by Crippen LogP contribution is -2.29. The van der Waals surface area contributed by atoms with Crippen LogP contribution in [0.1, 0.15) is 29.3 Å². The van der Waals surface area contributed by atoms with Crippen molar-refractivity contribution in [3.8, 4) is 5.75 Å². The molecule has 2 rings (SSSR count). The van der Waals surface area contributed by atoms with Gasteiger partial charge >= 0.3 is 0 Å². The molecular weight excluding hydrogens is 240 g/mol. The Morgan fingerprint density at radius 3 is 2.79 bits per heavy atom. The monoisotopic (exact) mass is 260 g/mol.